The van der Waals surface area contributed by atoms with Gasteiger partial charge in [0.05, 0.1) is 15.7 Å². The highest BCUT2D eigenvalue weighted by Crippen LogP contribution is 2.24. The lowest BCUT2D eigenvalue weighted by Gasteiger charge is -2.15. The molecule has 2 aromatic heterocycles. The predicted molar refractivity (Wildman–Crippen MR) is 86.2 cm³/mol. The molecule has 1 atom stereocenters. The van der Waals surface area contributed by atoms with Crippen LogP contribution in [0.4, 0.5) is 0 Å². The molecule has 2 rings (SSSR count). The fourth-order valence-corrected chi connectivity index (χ4v) is 3.81. The Morgan fingerprint density at radius 1 is 1.15 bits per heavy atom. The zero-order chi connectivity index (χ0) is 14.8. The summed E-state index contributed by atoms with van der Waals surface area (Å²) in [6.45, 7) is 8.57. The lowest BCUT2D eigenvalue weighted by Crippen LogP contribution is -2.38. The molecule has 0 aromatic carbocycles. The van der Waals surface area contributed by atoms with Crippen molar-refractivity contribution >= 4 is 22.7 Å². The standard InChI is InChI=1S/C14H22N4S2/c1-9-7-19-12(16-9)5-10(18-15)6-13-17-11(8-20-13)14(2,3)4/h7-8,10,18H,5-6,15H2,1-4H3. The monoisotopic (exact) mass is 310 g/mol. The molecule has 3 N–H and O–H groups in total. The van der Waals surface area contributed by atoms with Crippen LogP contribution in [0.3, 0.4) is 0 Å². The maximum Gasteiger partial charge on any atom is 0.0944 e. The van der Waals surface area contributed by atoms with E-state index in [2.05, 4.69) is 41.9 Å². The Morgan fingerprint density at radius 2 is 1.75 bits per heavy atom. The SMILES string of the molecule is Cc1csc(CC(Cc2nc(C(C)(C)C)cs2)NN)n1. The highest BCUT2D eigenvalue weighted by Gasteiger charge is 2.19. The summed E-state index contributed by atoms with van der Waals surface area (Å²) in [5.41, 5.74) is 5.22. The van der Waals surface area contributed by atoms with Crippen LogP contribution in [0.15, 0.2) is 10.8 Å². The molecule has 0 aliphatic rings. The van der Waals surface area contributed by atoms with Crippen LogP contribution in [0.2, 0.25) is 0 Å². The Morgan fingerprint density at radius 3 is 2.20 bits per heavy atom. The van der Waals surface area contributed by atoms with Gasteiger partial charge in [0.1, 0.15) is 0 Å². The molecule has 0 aliphatic heterocycles. The molecule has 0 saturated carbocycles. The van der Waals surface area contributed by atoms with Gasteiger partial charge in [-0.1, -0.05) is 20.8 Å². The third-order valence-corrected chi connectivity index (χ3v) is 4.92. The first kappa shape index (κ1) is 15.6. The van der Waals surface area contributed by atoms with Crippen LogP contribution in [-0.4, -0.2) is 16.0 Å². The number of aromatic nitrogens is 2. The quantitative estimate of drug-likeness (QED) is 0.658. The van der Waals surface area contributed by atoms with E-state index in [4.69, 9.17) is 10.8 Å². The second-order valence-electron chi connectivity index (χ2n) is 6.03. The summed E-state index contributed by atoms with van der Waals surface area (Å²) in [6, 6.07) is 0.180. The molecule has 4 nitrogen and oxygen atoms in total. The number of aryl methyl sites for hydroxylation is 1. The molecule has 0 saturated heterocycles. The van der Waals surface area contributed by atoms with Gasteiger partial charge in [-0.15, -0.1) is 22.7 Å². The molecule has 2 heterocycles. The average Bonchev–Trinajstić information content (AvgIpc) is 2.97. The fourth-order valence-electron chi connectivity index (χ4n) is 1.86. The van der Waals surface area contributed by atoms with Gasteiger partial charge in [-0.3, -0.25) is 11.3 Å². The van der Waals surface area contributed by atoms with E-state index in [1.165, 1.54) is 0 Å². The van der Waals surface area contributed by atoms with E-state index in [-0.39, 0.29) is 11.5 Å². The number of nitrogens with zero attached hydrogens (tertiary/aromatic N) is 2. The van der Waals surface area contributed by atoms with Crippen LogP contribution in [0.1, 0.15) is 42.2 Å². The molecule has 0 aliphatic carbocycles. The van der Waals surface area contributed by atoms with Gasteiger partial charge in [-0.2, -0.15) is 0 Å². The van der Waals surface area contributed by atoms with Gasteiger partial charge >= 0.3 is 0 Å². The van der Waals surface area contributed by atoms with Gasteiger partial charge in [0, 0.05) is 40.8 Å². The number of hydrogen-bond donors (Lipinski definition) is 2. The van der Waals surface area contributed by atoms with Crippen molar-refractivity contribution < 1.29 is 0 Å². The Balaban J connectivity index is 2.01. The Labute approximate surface area is 128 Å². The van der Waals surface area contributed by atoms with Gasteiger partial charge in [0.2, 0.25) is 0 Å². The Kier molecular flexibility index (Phi) is 4.90. The molecule has 6 heteroatoms. The molecule has 20 heavy (non-hydrogen) atoms. The summed E-state index contributed by atoms with van der Waals surface area (Å²) in [6.07, 6.45) is 1.69. The third kappa shape index (κ3) is 4.09. The zero-order valence-corrected chi connectivity index (χ0v) is 14.1. The van der Waals surface area contributed by atoms with E-state index in [0.29, 0.717) is 0 Å². The molecule has 2 aromatic rings. The topological polar surface area (TPSA) is 63.8 Å². The van der Waals surface area contributed by atoms with Crippen molar-refractivity contribution in [2.45, 2.75) is 52.0 Å². The molecule has 0 radical (unpaired) electrons. The van der Waals surface area contributed by atoms with E-state index in [0.717, 1.165) is 34.2 Å². The molecule has 0 fully saturated rings. The summed E-state index contributed by atoms with van der Waals surface area (Å²) in [7, 11) is 0. The zero-order valence-electron chi connectivity index (χ0n) is 12.4. The number of nitrogens with two attached hydrogens (primary N) is 1. The largest absolute Gasteiger partial charge is 0.271 e. The molecule has 110 valence electrons. The molecular weight excluding hydrogens is 288 g/mol. The first-order chi connectivity index (χ1) is 9.38. The van der Waals surface area contributed by atoms with Gasteiger partial charge in [0.15, 0.2) is 0 Å². The van der Waals surface area contributed by atoms with Crippen molar-refractivity contribution in [3.05, 3.63) is 32.2 Å². The van der Waals surface area contributed by atoms with E-state index in [1.54, 1.807) is 22.7 Å². The number of nitrogens with one attached hydrogen (secondary N) is 1. The third-order valence-electron chi connectivity index (χ3n) is 3.06. The highest BCUT2D eigenvalue weighted by molar-refractivity contribution is 7.10. The molecule has 0 spiro atoms. The first-order valence-electron chi connectivity index (χ1n) is 6.70. The maximum absolute atomic E-state index is 5.67. The van der Waals surface area contributed by atoms with Crippen LogP contribution < -0.4 is 11.3 Å². The van der Waals surface area contributed by atoms with Crippen LogP contribution in [0.5, 0.6) is 0 Å². The van der Waals surface area contributed by atoms with Crippen LogP contribution in [0.25, 0.3) is 0 Å². The second kappa shape index (κ2) is 6.30. The lowest BCUT2D eigenvalue weighted by atomic mass is 9.93. The van der Waals surface area contributed by atoms with Gasteiger partial charge in [-0.25, -0.2) is 9.97 Å². The summed E-state index contributed by atoms with van der Waals surface area (Å²) in [5.74, 6) is 5.67. The van der Waals surface area contributed by atoms with Crippen LogP contribution in [-0.2, 0) is 18.3 Å². The minimum Gasteiger partial charge on any atom is -0.271 e. The van der Waals surface area contributed by atoms with E-state index in [9.17, 15) is 0 Å². The maximum atomic E-state index is 5.67. The lowest BCUT2D eigenvalue weighted by molar-refractivity contribution is 0.516. The second-order valence-corrected chi connectivity index (χ2v) is 7.92. The highest BCUT2D eigenvalue weighted by atomic mass is 32.1. The van der Waals surface area contributed by atoms with Crippen molar-refractivity contribution in [3.8, 4) is 0 Å². The summed E-state index contributed by atoms with van der Waals surface area (Å²) >= 11 is 3.40. The number of hydrazine groups is 1. The van der Waals surface area contributed by atoms with E-state index < -0.39 is 0 Å². The molecule has 1 unspecified atom stereocenters. The van der Waals surface area contributed by atoms with Crippen molar-refractivity contribution in [2.24, 2.45) is 5.84 Å². The minimum atomic E-state index is 0.104. The van der Waals surface area contributed by atoms with Crippen molar-refractivity contribution in [1.29, 1.82) is 0 Å². The normalized spacial score (nSPS) is 13.7. The summed E-state index contributed by atoms with van der Waals surface area (Å²) < 4.78 is 0. The summed E-state index contributed by atoms with van der Waals surface area (Å²) in [4.78, 5) is 9.21. The molecule has 0 amide bonds. The number of rotatable bonds is 5. The van der Waals surface area contributed by atoms with Crippen molar-refractivity contribution in [3.63, 3.8) is 0 Å². The first-order valence-corrected chi connectivity index (χ1v) is 8.46. The van der Waals surface area contributed by atoms with Crippen molar-refractivity contribution in [2.75, 3.05) is 0 Å². The van der Waals surface area contributed by atoms with Crippen LogP contribution >= 0.6 is 22.7 Å². The fraction of sp³-hybridized carbons (Fsp3) is 0.571. The number of hydrogen-bond acceptors (Lipinski definition) is 6. The molecular formula is C14H22N4S2. The average molecular weight is 310 g/mol. The Bertz CT molecular complexity index is 554. The van der Waals surface area contributed by atoms with Crippen LogP contribution in [0, 0.1) is 6.92 Å². The van der Waals surface area contributed by atoms with E-state index >= 15 is 0 Å². The summed E-state index contributed by atoms with van der Waals surface area (Å²) in [5, 5.41) is 6.48. The molecule has 0 bridgehead atoms. The van der Waals surface area contributed by atoms with Crippen molar-refractivity contribution in [1.82, 2.24) is 15.4 Å². The van der Waals surface area contributed by atoms with E-state index in [1.807, 2.05) is 6.92 Å². The van der Waals surface area contributed by atoms with Gasteiger partial charge in [0.25, 0.3) is 0 Å². The van der Waals surface area contributed by atoms with Gasteiger partial charge < -0.3 is 0 Å². The minimum absolute atomic E-state index is 0.104. The predicted octanol–water partition coefficient (Wildman–Crippen LogP) is 2.82. The number of thiazole rings is 2. The Hall–Kier alpha value is -0.820. The van der Waals surface area contributed by atoms with Gasteiger partial charge in [-0.05, 0) is 6.92 Å². The smallest absolute Gasteiger partial charge is 0.0944 e.